The van der Waals surface area contributed by atoms with Gasteiger partial charge in [-0.3, -0.25) is 9.10 Å². The molecule has 0 saturated carbocycles. The average molecular weight is 380 g/mol. The fourth-order valence-electron chi connectivity index (χ4n) is 4.02. The van der Waals surface area contributed by atoms with Crippen molar-refractivity contribution in [2.24, 2.45) is 0 Å². The van der Waals surface area contributed by atoms with E-state index in [1.165, 1.54) is 10.6 Å². The summed E-state index contributed by atoms with van der Waals surface area (Å²) in [5.74, 6) is 0.0676. The lowest BCUT2D eigenvalue weighted by molar-refractivity contribution is 0.0642. The van der Waals surface area contributed by atoms with Crippen LogP contribution in [-0.4, -0.2) is 57.7 Å². The van der Waals surface area contributed by atoms with E-state index in [1.54, 1.807) is 12.1 Å². The maximum atomic E-state index is 13.2. The summed E-state index contributed by atoms with van der Waals surface area (Å²) in [5, 5.41) is 3.35. The standard InChI is InChI=1S/C19H29N3O3S/c1-3-12-21(17-8-10-20-11-9-17)19(23)16-6-7-18-15(14-16)5-4-13-22(18)26(2,24)25/h6-7,14,17,20H,3-5,8-13H2,1-2H3. The topological polar surface area (TPSA) is 69.7 Å². The van der Waals surface area contributed by atoms with Crippen LogP contribution in [0, 0.1) is 0 Å². The van der Waals surface area contributed by atoms with E-state index < -0.39 is 10.0 Å². The highest BCUT2D eigenvalue weighted by Crippen LogP contribution is 2.30. The van der Waals surface area contributed by atoms with Crippen LogP contribution in [0.4, 0.5) is 5.69 Å². The molecule has 1 amide bonds. The van der Waals surface area contributed by atoms with Crippen molar-refractivity contribution >= 4 is 21.6 Å². The van der Waals surface area contributed by atoms with Gasteiger partial charge in [0, 0.05) is 24.7 Å². The van der Waals surface area contributed by atoms with Crippen molar-refractivity contribution < 1.29 is 13.2 Å². The maximum absolute atomic E-state index is 13.2. The Hall–Kier alpha value is -1.60. The number of benzene rings is 1. The first-order chi connectivity index (χ1) is 12.4. The third-order valence-electron chi connectivity index (χ3n) is 5.28. The van der Waals surface area contributed by atoms with Gasteiger partial charge in [0.15, 0.2) is 0 Å². The van der Waals surface area contributed by atoms with Crippen LogP contribution in [0.1, 0.15) is 48.5 Å². The molecule has 0 atom stereocenters. The zero-order valence-electron chi connectivity index (χ0n) is 15.7. The number of carbonyl (C=O) groups is 1. The molecule has 26 heavy (non-hydrogen) atoms. The van der Waals surface area contributed by atoms with Gasteiger partial charge in [-0.1, -0.05) is 6.92 Å². The van der Waals surface area contributed by atoms with Crippen LogP contribution in [-0.2, 0) is 16.4 Å². The van der Waals surface area contributed by atoms with Gasteiger partial charge in [0.05, 0.1) is 11.9 Å². The first-order valence-electron chi connectivity index (χ1n) is 9.54. The number of fused-ring (bicyclic) bond motifs is 1. The molecule has 0 aromatic heterocycles. The fourth-order valence-corrected chi connectivity index (χ4v) is 5.01. The minimum atomic E-state index is -3.28. The second-order valence-corrected chi connectivity index (χ2v) is 9.17. The Labute approximate surface area is 156 Å². The number of anilines is 1. The zero-order valence-corrected chi connectivity index (χ0v) is 16.5. The predicted molar refractivity (Wildman–Crippen MR) is 104 cm³/mol. The van der Waals surface area contributed by atoms with E-state index in [0.29, 0.717) is 12.1 Å². The van der Waals surface area contributed by atoms with Crippen LogP contribution in [0.5, 0.6) is 0 Å². The molecule has 6 nitrogen and oxygen atoms in total. The molecule has 1 aromatic rings. The molecule has 1 saturated heterocycles. The van der Waals surface area contributed by atoms with Gasteiger partial charge in [0.25, 0.3) is 5.91 Å². The Kier molecular flexibility index (Phi) is 5.87. The molecular formula is C19H29N3O3S. The summed E-state index contributed by atoms with van der Waals surface area (Å²) in [4.78, 5) is 15.2. The van der Waals surface area contributed by atoms with E-state index >= 15 is 0 Å². The van der Waals surface area contributed by atoms with Crippen molar-refractivity contribution in [3.8, 4) is 0 Å². The minimum Gasteiger partial charge on any atom is -0.336 e. The molecule has 1 N–H and O–H groups in total. The predicted octanol–water partition coefficient (Wildman–Crippen LogP) is 2.00. The smallest absolute Gasteiger partial charge is 0.254 e. The highest BCUT2D eigenvalue weighted by atomic mass is 32.2. The Morgan fingerprint density at radius 2 is 2.04 bits per heavy atom. The molecule has 0 unspecified atom stereocenters. The SMILES string of the molecule is CCCN(C(=O)c1ccc2c(c1)CCCN2S(C)(=O)=O)C1CCNCC1. The van der Waals surface area contributed by atoms with Gasteiger partial charge in [-0.05, 0) is 69.0 Å². The summed E-state index contributed by atoms with van der Waals surface area (Å²) in [6.07, 6.45) is 5.73. The normalized spacial score (nSPS) is 18.5. The van der Waals surface area contributed by atoms with Gasteiger partial charge in [-0.25, -0.2) is 8.42 Å². The largest absolute Gasteiger partial charge is 0.336 e. The highest BCUT2D eigenvalue weighted by Gasteiger charge is 2.28. The van der Waals surface area contributed by atoms with Gasteiger partial charge in [0.1, 0.15) is 0 Å². The number of hydrogen-bond donors (Lipinski definition) is 1. The van der Waals surface area contributed by atoms with Gasteiger partial charge in [-0.2, -0.15) is 0 Å². The highest BCUT2D eigenvalue weighted by molar-refractivity contribution is 7.92. The number of nitrogens with zero attached hydrogens (tertiary/aromatic N) is 2. The number of sulfonamides is 1. The van der Waals surface area contributed by atoms with Crippen LogP contribution in [0.2, 0.25) is 0 Å². The molecule has 1 aromatic carbocycles. The summed E-state index contributed by atoms with van der Waals surface area (Å²) in [7, 11) is -3.28. The van der Waals surface area contributed by atoms with Gasteiger partial charge < -0.3 is 10.2 Å². The summed E-state index contributed by atoms with van der Waals surface area (Å²) in [6.45, 7) is 5.27. The molecule has 144 valence electrons. The van der Waals surface area contributed by atoms with E-state index in [1.807, 2.05) is 11.0 Å². The maximum Gasteiger partial charge on any atom is 0.254 e. The lowest BCUT2D eigenvalue weighted by Crippen LogP contribution is -2.46. The number of carbonyl (C=O) groups excluding carboxylic acids is 1. The van der Waals surface area contributed by atoms with Gasteiger partial charge in [-0.15, -0.1) is 0 Å². The van der Waals surface area contributed by atoms with Crippen LogP contribution in [0.25, 0.3) is 0 Å². The quantitative estimate of drug-likeness (QED) is 0.850. The molecule has 0 bridgehead atoms. The Morgan fingerprint density at radius 3 is 2.69 bits per heavy atom. The second kappa shape index (κ2) is 7.96. The molecule has 2 heterocycles. The molecular weight excluding hydrogens is 350 g/mol. The molecule has 1 fully saturated rings. The lowest BCUT2D eigenvalue weighted by atomic mass is 9.98. The van der Waals surface area contributed by atoms with Crippen LogP contribution in [0.15, 0.2) is 18.2 Å². The Morgan fingerprint density at radius 1 is 1.31 bits per heavy atom. The van der Waals surface area contributed by atoms with Crippen molar-refractivity contribution in [3.05, 3.63) is 29.3 Å². The number of nitrogens with one attached hydrogen (secondary N) is 1. The lowest BCUT2D eigenvalue weighted by Gasteiger charge is -2.35. The first-order valence-corrected chi connectivity index (χ1v) is 11.4. The molecule has 0 radical (unpaired) electrons. The van der Waals surface area contributed by atoms with Crippen molar-refractivity contribution in [1.82, 2.24) is 10.2 Å². The van der Waals surface area contributed by atoms with E-state index in [2.05, 4.69) is 12.2 Å². The first kappa shape index (κ1) is 19.2. The van der Waals surface area contributed by atoms with Gasteiger partial charge >= 0.3 is 0 Å². The molecule has 2 aliphatic rings. The molecule has 7 heteroatoms. The third-order valence-corrected chi connectivity index (χ3v) is 6.46. The van der Waals surface area contributed by atoms with E-state index in [0.717, 1.165) is 63.0 Å². The molecule has 0 aliphatic carbocycles. The number of rotatable bonds is 5. The summed E-state index contributed by atoms with van der Waals surface area (Å²) in [6, 6.07) is 5.77. The van der Waals surface area contributed by atoms with E-state index in [9.17, 15) is 13.2 Å². The second-order valence-electron chi connectivity index (χ2n) is 7.26. The van der Waals surface area contributed by atoms with E-state index in [-0.39, 0.29) is 11.9 Å². The average Bonchev–Trinajstić information content (AvgIpc) is 2.64. The number of piperidine rings is 1. The summed E-state index contributed by atoms with van der Waals surface area (Å²) in [5.41, 5.74) is 2.35. The van der Waals surface area contributed by atoms with Gasteiger partial charge in [0.2, 0.25) is 10.0 Å². The summed E-state index contributed by atoms with van der Waals surface area (Å²) >= 11 is 0. The molecule has 0 spiro atoms. The molecule has 3 rings (SSSR count). The van der Waals surface area contributed by atoms with Crippen LogP contribution < -0.4 is 9.62 Å². The number of hydrogen-bond acceptors (Lipinski definition) is 4. The van der Waals surface area contributed by atoms with Crippen molar-refractivity contribution in [2.75, 3.05) is 36.7 Å². The Bertz CT molecular complexity index is 757. The van der Waals surface area contributed by atoms with Crippen molar-refractivity contribution in [1.29, 1.82) is 0 Å². The third kappa shape index (κ3) is 4.04. The van der Waals surface area contributed by atoms with Crippen LogP contribution >= 0.6 is 0 Å². The monoisotopic (exact) mass is 379 g/mol. The molecule has 2 aliphatic heterocycles. The van der Waals surface area contributed by atoms with Crippen LogP contribution in [0.3, 0.4) is 0 Å². The number of aryl methyl sites for hydroxylation is 1. The minimum absolute atomic E-state index is 0.0676. The van der Waals surface area contributed by atoms with Crippen molar-refractivity contribution in [3.63, 3.8) is 0 Å². The summed E-state index contributed by atoms with van der Waals surface area (Å²) < 4.78 is 25.5. The fraction of sp³-hybridized carbons (Fsp3) is 0.632. The number of amides is 1. The van der Waals surface area contributed by atoms with Crippen molar-refractivity contribution in [2.45, 2.75) is 45.1 Å². The Balaban J connectivity index is 1.87. The van der Waals surface area contributed by atoms with E-state index in [4.69, 9.17) is 0 Å². The zero-order chi connectivity index (χ0) is 18.7.